The van der Waals surface area contributed by atoms with Crippen LogP contribution in [-0.2, 0) is 4.74 Å². The fourth-order valence-electron chi connectivity index (χ4n) is 2.13. The fourth-order valence-corrected chi connectivity index (χ4v) is 3.36. The van der Waals surface area contributed by atoms with Crippen molar-refractivity contribution in [3.63, 3.8) is 0 Å². The van der Waals surface area contributed by atoms with Gasteiger partial charge in [-0.3, -0.25) is 0 Å². The molecule has 2 nitrogen and oxygen atoms in total. The van der Waals surface area contributed by atoms with Gasteiger partial charge in [-0.05, 0) is 37.8 Å². The topological polar surface area (TPSA) is 21.3 Å². The number of aryl methyl sites for hydroxylation is 1. The van der Waals surface area contributed by atoms with Gasteiger partial charge in [-0.1, -0.05) is 18.2 Å². The van der Waals surface area contributed by atoms with Crippen LogP contribution < -0.4 is 5.32 Å². The molecule has 1 aromatic carbocycles. The second-order valence-electron chi connectivity index (χ2n) is 4.76. The van der Waals surface area contributed by atoms with E-state index in [9.17, 15) is 0 Å². The first kappa shape index (κ1) is 13.5. The maximum atomic E-state index is 5.27. The molecule has 0 amide bonds. The summed E-state index contributed by atoms with van der Waals surface area (Å²) in [5, 5.41) is 4.92. The van der Waals surface area contributed by atoms with Crippen molar-refractivity contribution in [3.8, 4) is 0 Å². The number of hydrogen-bond donors (Lipinski definition) is 1. The van der Waals surface area contributed by atoms with E-state index in [1.165, 1.54) is 20.5 Å². The maximum absolute atomic E-state index is 5.27. The van der Waals surface area contributed by atoms with Crippen molar-refractivity contribution < 1.29 is 4.74 Å². The Kier molecular flexibility index (Phi) is 4.38. The summed E-state index contributed by atoms with van der Waals surface area (Å²) in [7, 11) is 1.75. The van der Waals surface area contributed by atoms with Crippen LogP contribution in [0.5, 0.6) is 0 Å². The van der Waals surface area contributed by atoms with Crippen molar-refractivity contribution in [2.75, 3.05) is 13.7 Å². The van der Waals surface area contributed by atoms with Crippen LogP contribution in [0.25, 0.3) is 10.1 Å². The van der Waals surface area contributed by atoms with Crippen LogP contribution in [0, 0.1) is 6.92 Å². The average Bonchev–Trinajstić information content (AvgIpc) is 2.73. The van der Waals surface area contributed by atoms with Crippen LogP contribution in [0.1, 0.15) is 30.3 Å². The van der Waals surface area contributed by atoms with Gasteiger partial charge in [0.25, 0.3) is 0 Å². The summed E-state index contributed by atoms with van der Waals surface area (Å²) in [6.07, 6.45) is 0.252. The van der Waals surface area contributed by atoms with Gasteiger partial charge in [-0.25, -0.2) is 0 Å². The number of fused-ring (bicyclic) bond motifs is 1. The Bertz CT molecular complexity index is 520. The number of thiophene rings is 1. The third kappa shape index (κ3) is 2.74. The van der Waals surface area contributed by atoms with E-state index < -0.39 is 0 Å². The Balaban J connectivity index is 2.17. The molecule has 1 heterocycles. The molecular weight excluding hydrogens is 242 g/mol. The average molecular weight is 263 g/mol. The molecule has 0 bridgehead atoms. The lowest BCUT2D eigenvalue weighted by Gasteiger charge is -2.16. The normalized spacial score (nSPS) is 14.9. The minimum Gasteiger partial charge on any atom is -0.380 e. The van der Waals surface area contributed by atoms with E-state index in [2.05, 4.69) is 50.4 Å². The van der Waals surface area contributed by atoms with Gasteiger partial charge >= 0.3 is 0 Å². The predicted molar refractivity (Wildman–Crippen MR) is 79.5 cm³/mol. The number of ether oxygens (including phenoxy) is 1. The van der Waals surface area contributed by atoms with Crippen molar-refractivity contribution >= 4 is 21.4 Å². The lowest BCUT2D eigenvalue weighted by atomic mass is 10.1. The third-order valence-electron chi connectivity index (χ3n) is 3.39. The number of nitrogens with one attached hydrogen (secondary N) is 1. The third-order valence-corrected chi connectivity index (χ3v) is 4.84. The van der Waals surface area contributed by atoms with E-state index in [-0.39, 0.29) is 6.10 Å². The first-order chi connectivity index (χ1) is 8.63. The summed E-state index contributed by atoms with van der Waals surface area (Å²) in [4.78, 5) is 1.43. The largest absolute Gasteiger partial charge is 0.380 e. The van der Waals surface area contributed by atoms with Crippen molar-refractivity contribution in [1.29, 1.82) is 0 Å². The van der Waals surface area contributed by atoms with Crippen LogP contribution in [0.3, 0.4) is 0 Å². The maximum Gasteiger partial charge on any atom is 0.0667 e. The number of methoxy groups -OCH3 is 1. The van der Waals surface area contributed by atoms with Crippen LogP contribution in [-0.4, -0.2) is 19.8 Å². The molecule has 2 atom stereocenters. The van der Waals surface area contributed by atoms with E-state index in [0.29, 0.717) is 6.04 Å². The molecule has 0 spiro atoms. The number of benzene rings is 1. The minimum absolute atomic E-state index is 0.252. The van der Waals surface area contributed by atoms with E-state index in [1.54, 1.807) is 7.11 Å². The standard InChI is InChI=1S/C15H21NOS/c1-10(17-4)9-16-12(3)15-11(2)13-7-5-6-8-14(13)18-15/h5-8,10,12,16H,9H2,1-4H3. The summed E-state index contributed by atoms with van der Waals surface area (Å²) in [6.45, 7) is 7.40. The number of rotatable bonds is 5. The van der Waals surface area contributed by atoms with Gasteiger partial charge in [0.1, 0.15) is 0 Å². The van der Waals surface area contributed by atoms with E-state index >= 15 is 0 Å². The van der Waals surface area contributed by atoms with Crippen molar-refractivity contribution in [2.24, 2.45) is 0 Å². The van der Waals surface area contributed by atoms with Gasteiger partial charge in [0.2, 0.25) is 0 Å². The number of hydrogen-bond acceptors (Lipinski definition) is 3. The van der Waals surface area contributed by atoms with Crippen molar-refractivity contribution in [1.82, 2.24) is 5.32 Å². The highest BCUT2D eigenvalue weighted by Crippen LogP contribution is 2.34. The second kappa shape index (κ2) is 5.83. The van der Waals surface area contributed by atoms with Crippen LogP contribution in [0.4, 0.5) is 0 Å². The Hall–Kier alpha value is -0.900. The minimum atomic E-state index is 0.252. The van der Waals surface area contributed by atoms with Gasteiger partial charge < -0.3 is 10.1 Å². The van der Waals surface area contributed by atoms with E-state index in [0.717, 1.165) is 6.54 Å². The Morgan fingerprint density at radius 1 is 1.28 bits per heavy atom. The Morgan fingerprint density at radius 2 is 2.00 bits per heavy atom. The molecule has 1 N–H and O–H groups in total. The van der Waals surface area contributed by atoms with E-state index in [1.807, 2.05) is 11.3 Å². The molecule has 0 aliphatic carbocycles. The molecule has 0 saturated carbocycles. The quantitative estimate of drug-likeness (QED) is 0.883. The van der Waals surface area contributed by atoms with Crippen LogP contribution in [0.2, 0.25) is 0 Å². The molecule has 2 aromatic rings. The fraction of sp³-hybridized carbons (Fsp3) is 0.467. The zero-order valence-corrected chi connectivity index (χ0v) is 12.3. The molecule has 0 fully saturated rings. The summed E-state index contributed by atoms with van der Waals surface area (Å²) in [6, 6.07) is 8.99. The Morgan fingerprint density at radius 3 is 2.67 bits per heavy atom. The molecule has 2 rings (SSSR count). The van der Waals surface area contributed by atoms with Crippen LogP contribution >= 0.6 is 11.3 Å². The highest BCUT2D eigenvalue weighted by molar-refractivity contribution is 7.19. The second-order valence-corrected chi connectivity index (χ2v) is 5.85. The zero-order chi connectivity index (χ0) is 13.1. The lowest BCUT2D eigenvalue weighted by Crippen LogP contribution is -2.28. The Labute approximate surface area is 113 Å². The summed E-state index contributed by atoms with van der Waals surface area (Å²) >= 11 is 1.89. The molecule has 0 saturated heterocycles. The SMILES string of the molecule is COC(C)CNC(C)c1sc2ccccc2c1C. The highest BCUT2D eigenvalue weighted by Gasteiger charge is 2.14. The molecule has 0 radical (unpaired) electrons. The van der Waals surface area contributed by atoms with E-state index in [4.69, 9.17) is 4.74 Å². The summed E-state index contributed by atoms with van der Waals surface area (Å²) in [5.74, 6) is 0. The van der Waals surface area contributed by atoms with Gasteiger partial charge in [-0.2, -0.15) is 0 Å². The predicted octanol–water partition coefficient (Wildman–Crippen LogP) is 3.90. The molecule has 98 valence electrons. The first-order valence-electron chi connectivity index (χ1n) is 6.37. The zero-order valence-electron chi connectivity index (χ0n) is 11.5. The first-order valence-corrected chi connectivity index (χ1v) is 7.19. The van der Waals surface area contributed by atoms with Crippen LogP contribution in [0.15, 0.2) is 24.3 Å². The molecule has 0 aliphatic heterocycles. The molecule has 18 heavy (non-hydrogen) atoms. The molecular formula is C15H21NOS. The molecule has 2 unspecified atom stereocenters. The smallest absolute Gasteiger partial charge is 0.0667 e. The molecule has 1 aromatic heterocycles. The van der Waals surface area contributed by atoms with Gasteiger partial charge in [-0.15, -0.1) is 11.3 Å². The summed E-state index contributed by atoms with van der Waals surface area (Å²) < 4.78 is 6.64. The monoisotopic (exact) mass is 263 g/mol. The van der Waals surface area contributed by atoms with Crippen molar-refractivity contribution in [2.45, 2.75) is 32.9 Å². The van der Waals surface area contributed by atoms with Gasteiger partial charge in [0.15, 0.2) is 0 Å². The molecule has 3 heteroatoms. The van der Waals surface area contributed by atoms with Gasteiger partial charge in [0, 0.05) is 29.3 Å². The highest BCUT2D eigenvalue weighted by atomic mass is 32.1. The summed E-state index contributed by atoms with van der Waals surface area (Å²) in [5.41, 5.74) is 1.40. The van der Waals surface area contributed by atoms with Gasteiger partial charge in [0.05, 0.1) is 6.10 Å². The lowest BCUT2D eigenvalue weighted by molar-refractivity contribution is 0.115. The van der Waals surface area contributed by atoms with Crippen molar-refractivity contribution in [3.05, 3.63) is 34.7 Å². The molecule has 0 aliphatic rings.